The van der Waals surface area contributed by atoms with Crippen LogP contribution in [-0.4, -0.2) is 44.2 Å². The molecule has 0 aliphatic carbocycles. The largest absolute Gasteiger partial charge is 0.369 e. The maximum absolute atomic E-state index is 6.11. The van der Waals surface area contributed by atoms with Gasteiger partial charge in [-0.1, -0.05) is 29.8 Å². The Morgan fingerprint density at radius 1 is 0.885 bits per heavy atom. The predicted molar refractivity (Wildman–Crippen MR) is 110 cm³/mol. The minimum absolute atomic E-state index is 0.816. The number of hydrazine groups is 2. The molecular weight excluding hydrogens is 346 g/mol. The van der Waals surface area contributed by atoms with Gasteiger partial charge in [0.1, 0.15) is 0 Å². The molecule has 2 aromatic carbocycles. The molecule has 0 unspecified atom stereocenters. The molecule has 2 aliphatic rings. The van der Waals surface area contributed by atoms with Gasteiger partial charge in [0, 0.05) is 43.4 Å². The monoisotopic (exact) mass is 371 g/mol. The maximum atomic E-state index is 6.11. The first-order valence-corrected chi connectivity index (χ1v) is 9.78. The number of unbranched alkanes of at least 4 members (excludes halogenated alkanes) is 1. The van der Waals surface area contributed by atoms with Gasteiger partial charge in [0.05, 0.1) is 11.4 Å². The van der Waals surface area contributed by atoms with Crippen LogP contribution < -0.4 is 20.9 Å². The number of benzene rings is 2. The highest BCUT2D eigenvalue weighted by Crippen LogP contribution is 2.28. The number of para-hydroxylation sites is 2. The van der Waals surface area contributed by atoms with Crippen molar-refractivity contribution in [1.29, 1.82) is 0 Å². The van der Waals surface area contributed by atoms with Gasteiger partial charge in [0.15, 0.2) is 0 Å². The SMILES string of the molecule is Clc1cccc(N2CCN(CCCCN3NNc4ccccc43)CC2)c1. The molecular formula is C20H26ClN5. The molecule has 2 aromatic rings. The number of nitrogens with one attached hydrogen (secondary N) is 2. The second-order valence-electron chi connectivity index (χ2n) is 6.92. The highest BCUT2D eigenvalue weighted by Gasteiger charge is 2.18. The summed E-state index contributed by atoms with van der Waals surface area (Å²) in [5.74, 6) is 0. The van der Waals surface area contributed by atoms with E-state index < -0.39 is 0 Å². The average Bonchev–Trinajstić information content (AvgIpc) is 3.09. The highest BCUT2D eigenvalue weighted by molar-refractivity contribution is 6.30. The standard InChI is InChI=1S/C20H26ClN5/c21-17-6-5-7-18(16-17)25-14-12-24(13-15-25)10-3-4-11-26-20-9-2-1-8-19(20)22-23-26/h1-2,5-9,16,22-23H,3-4,10-15H2. The fourth-order valence-electron chi connectivity index (χ4n) is 3.69. The van der Waals surface area contributed by atoms with Crippen LogP contribution in [-0.2, 0) is 0 Å². The van der Waals surface area contributed by atoms with Crippen molar-refractivity contribution in [2.75, 3.05) is 54.6 Å². The normalized spacial score (nSPS) is 17.3. The summed E-state index contributed by atoms with van der Waals surface area (Å²) < 4.78 is 0. The van der Waals surface area contributed by atoms with Gasteiger partial charge in [-0.25, -0.2) is 0 Å². The minimum Gasteiger partial charge on any atom is -0.369 e. The molecule has 2 heterocycles. The van der Waals surface area contributed by atoms with E-state index in [0.29, 0.717) is 0 Å². The van der Waals surface area contributed by atoms with Gasteiger partial charge in [-0.2, -0.15) is 0 Å². The molecule has 0 amide bonds. The summed E-state index contributed by atoms with van der Waals surface area (Å²) in [7, 11) is 0. The number of nitrogens with zero attached hydrogens (tertiary/aromatic N) is 3. The third-order valence-electron chi connectivity index (χ3n) is 5.17. The van der Waals surface area contributed by atoms with Crippen LogP contribution in [0.2, 0.25) is 5.02 Å². The van der Waals surface area contributed by atoms with E-state index in [2.05, 4.69) is 62.2 Å². The van der Waals surface area contributed by atoms with Crippen LogP contribution in [0.3, 0.4) is 0 Å². The second-order valence-corrected chi connectivity index (χ2v) is 7.36. The highest BCUT2D eigenvalue weighted by atomic mass is 35.5. The molecule has 0 bridgehead atoms. The van der Waals surface area contributed by atoms with Crippen LogP contribution in [0.4, 0.5) is 17.1 Å². The molecule has 5 nitrogen and oxygen atoms in total. The molecule has 4 rings (SSSR count). The summed E-state index contributed by atoms with van der Waals surface area (Å²) in [4.78, 5) is 5.00. The number of fused-ring (bicyclic) bond motifs is 1. The Morgan fingerprint density at radius 3 is 2.54 bits per heavy atom. The van der Waals surface area contributed by atoms with Gasteiger partial charge >= 0.3 is 0 Å². The van der Waals surface area contributed by atoms with E-state index in [9.17, 15) is 0 Å². The van der Waals surface area contributed by atoms with E-state index in [1.165, 1.54) is 30.8 Å². The summed E-state index contributed by atoms with van der Waals surface area (Å²) >= 11 is 6.11. The van der Waals surface area contributed by atoms with Gasteiger partial charge in [-0.3, -0.25) is 9.91 Å². The van der Waals surface area contributed by atoms with Crippen LogP contribution in [0.25, 0.3) is 0 Å². The zero-order valence-electron chi connectivity index (χ0n) is 15.0. The Labute approximate surface area is 160 Å². The molecule has 0 aromatic heterocycles. The van der Waals surface area contributed by atoms with Crippen molar-refractivity contribution in [3.05, 3.63) is 53.6 Å². The number of anilines is 3. The van der Waals surface area contributed by atoms with E-state index in [4.69, 9.17) is 11.6 Å². The summed E-state index contributed by atoms with van der Waals surface area (Å²) in [6, 6.07) is 16.6. The lowest BCUT2D eigenvalue weighted by atomic mass is 10.2. The molecule has 0 atom stereocenters. The Bertz CT molecular complexity index is 730. The fraction of sp³-hybridized carbons (Fsp3) is 0.400. The minimum atomic E-state index is 0.816. The van der Waals surface area contributed by atoms with Crippen molar-refractivity contribution in [1.82, 2.24) is 10.4 Å². The Hall–Kier alpha value is -1.95. The second kappa shape index (κ2) is 8.16. The van der Waals surface area contributed by atoms with Crippen LogP contribution >= 0.6 is 11.6 Å². The molecule has 0 radical (unpaired) electrons. The lowest BCUT2D eigenvalue weighted by Crippen LogP contribution is -2.46. The zero-order valence-corrected chi connectivity index (χ0v) is 15.8. The molecule has 138 valence electrons. The Kier molecular flexibility index (Phi) is 5.48. The number of piperazine rings is 1. The van der Waals surface area contributed by atoms with E-state index in [-0.39, 0.29) is 0 Å². The smallest absolute Gasteiger partial charge is 0.0782 e. The van der Waals surface area contributed by atoms with Crippen molar-refractivity contribution in [3.8, 4) is 0 Å². The topological polar surface area (TPSA) is 33.8 Å². The predicted octanol–water partition coefficient (Wildman–Crippen LogP) is 3.59. The van der Waals surface area contributed by atoms with E-state index >= 15 is 0 Å². The molecule has 1 fully saturated rings. The first kappa shape index (κ1) is 17.5. The third-order valence-corrected chi connectivity index (χ3v) is 5.41. The van der Waals surface area contributed by atoms with Gasteiger partial charge < -0.3 is 10.3 Å². The van der Waals surface area contributed by atoms with Crippen molar-refractivity contribution >= 4 is 28.7 Å². The van der Waals surface area contributed by atoms with Crippen molar-refractivity contribution in [2.45, 2.75) is 12.8 Å². The van der Waals surface area contributed by atoms with Crippen molar-refractivity contribution < 1.29 is 0 Å². The van der Waals surface area contributed by atoms with Crippen LogP contribution in [0, 0.1) is 0 Å². The van der Waals surface area contributed by atoms with Crippen LogP contribution in [0.1, 0.15) is 12.8 Å². The van der Waals surface area contributed by atoms with Crippen LogP contribution in [0.5, 0.6) is 0 Å². The lowest BCUT2D eigenvalue weighted by molar-refractivity contribution is 0.253. The van der Waals surface area contributed by atoms with E-state index in [1.807, 2.05) is 12.1 Å². The van der Waals surface area contributed by atoms with E-state index in [0.717, 1.165) is 43.4 Å². The van der Waals surface area contributed by atoms with Crippen molar-refractivity contribution in [2.24, 2.45) is 0 Å². The van der Waals surface area contributed by atoms with Gasteiger partial charge in [0.2, 0.25) is 0 Å². The van der Waals surface area contributed by atoms with Gasteiger partial charge in [0.25, 0.3) is 0 Å². The van der Waals surface area contributed by atoms with E-state index in [1.54, 1.807) is 0 Å². The Morgan fingerprint density at radius 2 is 1.69 bits per heavy atom. The number of hydrogen-bond donors (Lipinski definition) is 2. The van der Waals surface area contributed by atoms with Gasteiger partial charge in [-0.05, 0) is 49.7 Å². The molecule has 0 saturated carbocycles. The quantitative estimate of drug-likeness (QED) is 0.758. The number of rotatable bonds is 6. The van der Waals surface area contributed by atoms with Crippen LogP contribution in [0.15, 0.2) is 48.5 Å². The maximum Gasteiger partial charge on any atom is 0.0782 e. The fourth-order valence-corrected chi connectivity index (χ4v) is 3.87. The van der Waals surface area contributed by atoms with Gasteiger partial charge in [-0.15, -0.1) is 5.53 Å². The zero-order chi connectivity index (χ0) is 17.8. The summed E-state index contributed by atoms with van der Waals surface area (Å²) in [5, 5.41) is 3.02. The third kappa shape index (κ3) is 4.06. The first-order chi connectivity index (χ1) is 12.8. The van der Waals surface area contributed by atoms with Crippen molar-refractivity contribution in [3.63, 3.8) is 0 Å². The average molecular weight is 372 g/mol. The summed E-state index contributed by atoms with van der Waals surface area (Å²) in [6.07, 6.45) is 2.40. The number of hydrogen-bond acceptors (Lipinski definition) is 5. The number of halogens is 1. The summed E-state index contributed by atoms with van der Waals surface area (Å²) in [5.41, 5.74) is 10.1. The molecule has 26 heavy (non-hydrogen) atoms. The first-order valence-electron chi connectivity index (χ1n) is 9.41. The molecule has 6 heteroatoms. The lowest BCUT2D eigenvalue weighted by Gasteiger charge is -2.36. The molecule has 1 saturated heterocycles. The molecule has 2 aliphatic heterocycles. The molecule has 2 N–H and O–H groups in total. The summed E-state index contributed by atoms with van der Waals surface area (Å²) in [6.45, 7) is 6.59. The Balaban J connectivity index is 1.17. The molecule has 0 spiro atoms.